The summed E-state index contributed by atoms with van der Waals surface area (Å²) in [7, 11) is 1.60. The second kappa shape index (κ2) is 5.58. The number of fused-ring (bicyclic) bond motifs is 3. The van der Waals surface area contributed by atoms with Crippen molar-refractivity contribution >= 4 is 34.3 Å². The van der Waals surface area contributed by atoms with E-state index in [-0.39, 0.29) is 5.84 Å². The van der Waals surface area contributed by atoms with Gasteiger partial charge in [0.1, 0.15) is 11.4 Å². The Labute approximate surface area is 136 Å². The summed E-state index contributed by atoms with van der Waals surface area (Å²) in [6, 6.07) is 11.0. The fourth-order valence-electron chi connectivity index (χ4n) is 2.59. The predicted octanol–water partition coefficient (Wildman–Crippen LogP) is 2.40. The van der Waals surface area contributed by atoms with Gasteiger partial charge in [-0.3, -0.25) is 5.10 Å². The minimum Gasteiger partial charge on any atom is -0.497 e. The first-order chi connectivity index (χ1) is 11.8. The number of nitrogens with one attached hydrogen (secondary N) is 2. The third-order valence-electron chi connectivity index (χ3n) is 3.79. The number of benzene rings is 2. The summed E-state index contributed by atoms with van der Waals surface area (Å²) in [5.41, 5.74) is 7.72. The molecule has 2 aromatic carbocycles. The summed E-state index contributed by atoms with van der Waals surface area (Å²) in [5.74, 6) is 0.977. The van der Waals surface area contributed by atoms with E-state index in [0.29, 0.717) is 5.69 Å². The van der Waals surface area contributed by atoms with Crippen LogP contribution in [0.3, 0.4) is 0 Å². The number of rotatable bonds is 3. The van der Waals surface area contributed by atoms with Crippen LogP contribution >= 0.6 is 0 Å². The van der Waals surface area contributed by atoms with Crippen molar-refractivity contribution in [3.05, 3.63) is 47.7 Å². The van der Waals surface area contributed by atoms with Crippen LogP contribution in [-0.2, 0) is 0 Å². The zero-order chi connectivity index (χ0) is 16.5. The smallest absolute Gasteiger partial charge is 0.198 e. The maximum Gasteiger partial charge on any atom is 0.198 e. The Morgan fingerprint density at radius 2 is 2.04 bits per heavy atom. The van der Waals surface area contributed by atoms with E-state index in [4.69, 9.17) is 4.74 Å². The van der Waals surface area contributed by atoms with Crippen LogP contribution in [0.2, 0.25) is 0 Å². The Kier molecular flexibility index (Phi) is 3.27. The number of hydrogen-bond donors (Lipinski definition) is 3. The summed E-state index contributed by atoms with van der Waals surface area (Å²) in [5, 5.41) is 27.7. The molecule has 0 saturated heterocycles. The van der Waals surface area contributed by atoms with Gasteiger partial charge in [0.15, 0.2) is 5.84 Å². The summed E-state index contributed by atoms with van der Waals surface area (Å²) < 4.78 is 5.13. The van der Waals surface area contributed by atoms with Crippen molar-refractivity contribution in [3.8, 4) is 5.75 Å². The topological polar surface area (TPSA) is 109 Å². The van der Waals surface area contributed by atoms with E-state index < -0.39 is 0 Å². The molecule has 0 saturated carbocycles. The van der Waals surface area contributed by atoms with Crippen LogP contribution in [0, 0.1) is 0 Å². The second-order valence-electron chi connectivity index (χ2n) is 5.14. The molecule has 8 heteroatoms. The Morgan fingerprint density at radius 1 is 1.21 bits per heavy atom. The molecule has 0 aliphatic carbocycles. The van der Waals surface area contributed by atoms with Gasteiger partial charge < -0.3 is 15.3 Å². The second-order valence-corrected chi connectivity index (χ2v) is 5.14. The summed E-state index contributed by atoms with van der Waals surface area (Å²) >= 11 is 0. The zero-order valence-electron chi connectivity index (χ0n) is 12.7. The molecule has 0 spiro atoms. The van der Waals surface area contributed by atoms with Gasteiger partial charge in [-0.15, -0.1) is 0 Å². The van der Waals surface area contributed by atoms with Gasteiger partial charge in [-0.05, 0) is 36.4 Å². The number of oxime groups is 1. The van der Waals surface area contributed by atoms with Crippen LogP contribution < -0.4 is 15.5 Å². The van der Waals surface area contributed by atoms with Crippen LogP contribution in [0.4, 0.5) is 11.4 Å². The van der Waals surface area contributed by atoms with Gasteiger partial charge in [-0.2, -0.15) is 15.6 Å². The lowest BCUT2D eigenvalue weighted by Crippen LogP contribution is -2.14. The largest absolute Gasteiger partial charge is 0.497 e. The predicted molar refractivity (Wildman–Crippen MR) is 90.4 cm³/mol. The number of ether oxygens (including phenoxy) is 1. The van der Waals surface area contributed by atoms with Crippen molar-refractivity contribution in [2.45, 2.75) is 0 Å². The average Bonchev–Trinajstić information content (AvgIpc) is 3.26. The molecule has 0 fully saturated rings. The molecule has 2 heterocycles. The quantitative estimate of drug-likeness (QED) is 0.298. The van der Waals surface area contributed by atoms with Gasteiger partial charge >= 0.3 is 0 Å². The van der Waals surface area contributed by atoms with E-state index in [1.54, 1.807) is 13.3 Å². The lowest BCUT2D eigenvalue weighted by Gasteiger charge is -2.07. The molecule has 0 bridgehead atoms. The number of methoxy groups -OCH3 is 1. The van der Waals surface area contributed by atoms with Gasteiger partial charge in [0, 0.05) is 16.6 Å². The number of H-pyrrole nitrogens is 1. The summed E-state index contributed by atoms with van der Waals surface area (Å²) in [4.78, 5) is 0. The molecule has 3 aromatic rings. The van der Waals surface area contributed by atoms with E-state index in [1.807, 2.05) is 36.4 Å². The highest BCUT2D eigenvalue weighted by atomic mass is 16.5. The van der Waals surface area contributed by atoms with Crippen molar-refractivity contribution in [2.24, 2.45) is 10.3 Å². The Balaban J connectivity index is 1.70. The van der Waals surface area contributed by atoms with Gasteiger partial charge in [0.05, 0.1) is 24.5 Å². The number of anilines is 1. The molecule has 1 aromatic heterocycles. The third-order valence-corrected chi connectivity index (χ3v) is 3.79. The average molecular weight is 321 g/mol. The van der Waals surface area contributed by atoms with Crippen molar-refractivity contribution in [1.82, 2.24) is 15.6 Å². The Hall–Kier alpha value is -3.55. The Bertz CT molecular complexity index is 959. The molecule has 8 nitrogen and oxygen atoms in total. The molecule has 0 atom stereocenters. The van der Waals surface area contributed by atoms with E-state index in [9.17, 15) is 5.21 Å². The van der Waals surface area contributed by atoms with Crippen LogP contribution in [0.15, 0.2) is 46.7 Å². The van der Waals surface area contributed by atoms with Crippen molar-refractivity contribution in [1.29, 1.82) is 0 Å². The van der Waals surface area contributed by atoms with E-state index in [2.05, 4.69) is 31.2 Å². The SMILES string of the molecule is COc1ccc(NC(=NO)c2n[nH]c3c4c(ccc23)[N]N=C4)cc1. The van der Waals surface area contributed by atoms with Crippen LogP contribution in [0.5, 0.6) is 5.75 Å². The Morgan fingerprint density at radius 3 is 2.79 bits per heavy atom. The monoisotopic (exact) mass is 321 g/mol. The normalized spacial score (nSPS) is 13.0. The third kappa shape index (κ3) is 2.21. The van der Waals surface area contributed by atoms with Crippen LogP contribution in [-0.4, -0.2) is 34.6 Å². The van der Waals surface area contributed by atoms with Gasteiger partial charge in [-0.25, -0.2) is 0 Å². The molecule has 119 valence electrons. The lowest BCUT2D eigenvalue weighted by atomic mass is 10.1. The summed E-state index contributed by atoms with van der Waals surface area (Å²) in [6.07, 6.45) is 1.67. The first-order valence-corrected chi connectivity index (χ1v) is 7.19. The molecular formula is C16H13N6O2. The van der Waals surface area contributed by atoms with E-state index >= 15 is 0 Å². The standard InChI is InChI=1S/C16H13N6O2/c1-24-10-4-2-9(3-5-10)18-16(22-23)15-11-6-7-13-12(8-17-19-13)14(11)20-21-15/h2-8,23H,1H3,(H,18,22)(H,20,21). The summed E-state index contributed by atoms with van der Waals surface area (Å²) in [6.45, 7) is 0. The number of nitrogens with zero attached hydrogens (tertiary/aromatic N) is 4. The molecule has 0 amide bonds. The molecule has 1 aliphatic rings. The number of aromatic nitrogens is 2. The minimum absolute atomic E-state index is 0.234. The van der Waals surface area contributed by atoms with Gasteiger partial charge in [-0.1, -0.05) is 5.16 Å². The highest BCUT2D eigenvalue weighted by Gasteiger charge is 2.19. The molecule has 24 heavy (non-hydrogen) atoms. The molecule has 0 unspecified atom stereocenters. The van der Waals surface area contributed by atoms with Crippen LogP contribution in [0.25, 0.3) is 10.9 Å². The van der Waals surface area contributed by atoms with Gasteiger partial charge in [0.2, 0.25) is 0 Å². The number of aromatic amines is 1. The molecule has 1 radical (unpaired) electrons. The lowest BCUT2D eigenvalue weighted by molar-refractivity contribution is 0.319. The molecule has 1 aliphatic heterocycles. The fraction of sp³-hybridized carbons (Fsp3) is 0.0625. The maximum atomic E-state index is 9.41. The van der Waals surface area contributed by atoms with E-state index in [1.165, 1.54) is 0 Å². The first kappa shape index (κ1) is 14.1. The van der Waals surface area contributed by atoms with Crippen LogP contribution in [0.1, 0.15) is 11.3 Å². The van der Waals surface area contributed by atoms with Crippen molar-refractivity contribution in [2.75, 3.05) is 12.4 Å². The molecule has 4 rings (SSSR count). The zero-order valence-corrected chi connectivity index (χ0v) is 12.7. The fourth-order valence-corrected chi connectivity index (χ4v) is 2.59. The maximum absolute atomic E-state index is 9.41. The molecule has 3 N–H and O–H groups in total. The minimum atomic E-state index is 0.234. The van der Waals surface area contributed by atoms with Gasteiger partial charge in [0.25, 0.3) is 0 Å². The van der Waals surface area contributed by atoms with E-state index in [0.717, 1.165) is 33.6 Å². The van der Waals surface area contributed by atoms with Crippen molar-refractivity contribution in [3.63, 3.8) is 0 Å². The molecular weight excluding hydrogens is 308 g/mol. The highest BCUT2D eigenvalue weighted by Crippen LogP contribution is 2.28. The first-order valence-electron chi connectivity index (χ1n) is 7.19. The number of hydrogen-bond acceptors (Lipinski definition) is 5. The van der Waals surface area contributed by atoms with Crippen molar-refractivity contribution < 1.29 is 9.94 Å². The number of amidine groups is 1. The highest BCUT2D eigenvalue weighted by molar-refractivity contribution is 6.16.